The predicted molar refractivity (Wildman–Crippen MR) is 86.3 cm³/mol. The largest absolute Gasteiger partial charge is 0.328 e. The maximum absolute atomic E-state index is 4.83. The first-order valence-electron chi connectivity index (χ1n) is 7.58. The molecule has 1 aromatic carbocycles. The van der Waals surface area contributed by atoms with Gasteiger partial charge in [-0.3, -0.25) is 0 Å². The highest BCUT2D eigenvalue weighted by atomic mass is 15.1. The molecule has 0 unspecified atom stereocenters. The van der Waals surface area contributed by atoms with Crippen LogP contribution in [-0.4, -0.2) is 9.55 Å². The Bertz CT molecular complexity index is 621. The zero-order valence-corrected chi connectivity index (χ0v) is 13.7. The van der Waals surface area contributed by atoms with Crippen LogP contribution in [0.4, 0.5) is 0 Å². The van der Waals surface area contributed by atoms with E-state index in [1.54, 1.807) is 0 Å². The van der Waals surface area contributed by atoms with Gasteiger partial charge in [-0.25, -0.2) is 4.98 Å². The number of hydrogen-bond acceptors (Lipinski definition) is 1. The second kappa shape index (κ2) is 5.82. The maximum atomic E-state index is 4.83. The molecule has 0 saturated carbocycles. The van der Waals surface area contributed by atoms with E-state index in [0.717, 1.165) is 18.1 Å². The van der Waals surface area contributed by atoms with Crippen molar-refractivity contribution in [1.29, 1.82) is 0 Å². The first-order chi connectivity index (χ1) is 9.47. The monoisotopic (exact) mass is 270 g/mol. The van der Waals surface area contributed by atoms with E-state index in [4.69, 9.17) is 4.98 Å². The number of hydrogen-bond donors (Lipinski definition) is 0. The lowest BCUT2D eigenvalue weighted by Crippen LogP contribution is -2.04. The van der Waals surface area contributed by atoms with Crippen LogP contribution in [0.25, 0.3) is 11.4 Å². The highest BCUT2D eigenvalue weighted by Crippen LogP contribution is 2.28. The van der Waals surface area contributed by atoms with Gasteiger partial charge >= 0.3 is 0 Å². The van der Waals surface area contributed by atoms with Crippen LogP contribution in [0.15, 0.2) is 12.1 Å². The molecule has 2 aromatic rings. The number of unbranched alkanes of at least 4 members (excludes halogenated alkanes) is 1. The lowest BCUT2D eigenvalue weighted by Gasteiger charge is -2.14. The average molecular weight is 270 g/mol. The molecule has 2 heteroatoms. The predicted octanol–water partition coefficient (Wildman–Crippen LogP) is 4.89. The van der Waals surface area contributed by atoms with Crippen LogP contribution >= 0.6 is 0 Å². The van der Waals surface area contributed by atoms with E-state index in [1.165, 1.54) is 40.8 Å². The summed E-state index contributed by atoms with van der Waals surface area (Å²) in [6.07, 6.45) is 2.41. The fourth-order valence-electron chi connectivity index (χ4n) is 2.65. The molecule has 0 saturated heterocycles. The van der Waals surface area contributed by atoms with Crippen molar-refractivity contribution in [3.05, 3.63) is 40.2 Å². The van der Waals surface area contributed by atoms with Gasteiger partial charge in [0.15, 0.2) is 0 Å². The summed E-state index contributed by atoms with van der Waals surface area (Å²) in [5.74, 6) is 1.13. The fraction of sp³-hybridized carbons (Fsp3) is 0.500. The zero-order chi connectivity index (χ0) is 14.9. The summed E-state index contributed by atoms with van der Waals surface area (Å²) in [4.78, 5) is 4.83. The van der Waals surface area contributed by atoms with Gasteiger partial charge in [-0.15, -0.1) is 0 Å². The summed E-state index contributed by atoms with van der Waals surface area (Å²) in [6, 6.07) is 4.43. The maximum Gasteiger partial charge on any atom is 0.140 e. The molecule has 0 amide bonds. The third-order valence-electron chi connectivity index (χ3n) is 4.49. The summed E-state index contributed by atoms with van der Waals surface area (Å²) >= 11 is 0. The highest BCUT2D eigenvalue weighted by Gasteiger charge is 2.15. The molecule has 0 bridgehead atoms. The van der Waals surface area contributed by atoms with Crippen molar-refractivity contribution < 1.29 is 0 Å². The van der Waals surface area contributed by atoms with Crippen molar-refractivity contribution in [2.75, 3.05) is 0 Å². The Hall–Kier alpha value is -1.57. The van der Waals surface area contributed by atoms with Gasteiger partial charge in [0.2, 0.25) is 0 Å². The van der Waals surface area contributed by atoms with Gasteiger partial charge in [-0.05, 0) is 57.7 Å². The smallest absolute Gasteiger partial charge is 0.140 e. The molecule has 0 fully saturated rings. The zero-order valence-electron chi connectivity index (χ0n) is 13.7. The van der Waals surface area contributed by atoms with Gasteiger partial charge in [0.1, 0.15) is 5.82 Å². The Morgan fingerprint density at radius 3 is 2.35 bits per heavy atom. The molecule has 0 atom stereocenters. The Labute approximate surface area is 122 Å². The number of imidazole rings is 1. The Morgan fingerprint density at radius 1 is 1.00 bits per heavy atom. The molecule has 1 heterocycles. The minimum atomic E-state index is 1.06. The summed E-state index contributed by atoms with van der Waals surface area (Å²) < 4.78 is 2.38. The minimum absolute atomic E-state index is 1.06. The van der Waals surface area contributed by atoms with Crippen LogP contribution in [0.3, 0.4) is 0 Å². The van der Waals surface area contributed by atoms with Crippen LogP contribution in [0, 0.1) is 34.6 Å². The van der Waals surface area contributed by atoms with Crippen molar-refractivity contribution in [3.63, 3.8) is 0 Å². The molecule has 0 radical (unpaired) electrons. The topological polar surface area (TPSA) is 17.8 Å². The molecule has 0 spiro atoms. The molecular weight excluding hydrogens is 244 g/mol. The SMILES string of the molecule is CCCCn1c(-c2ccc(C)c(C)c2C)nc(C)c1C. The molecule has 0 aliphatic carbocycles. The summed E-state index contributed by atoms with van der Waals surface area (Å²) in [7, 11) is 0. The summed E-state index contributed by atoms with van der Waals surface area (Å²) in [5.41, 5.74) is 7.81. The first-order valence-corrected chi connectivity index (χ1v) is 7.58. The third kappa shape index (κ3) is 2.52. The third-order valence-corrected chi connectivity index (χ3v) is 4.49. The number of nitrogens with zero attached hydrogens (tertiary/aromatic N) is 2. The lowest BCUT2D eigenvalue weighted by atomic mass is 9.98. The van der Waals surface area contributed by atoms with E-state index in [0.29, 0.717) is 0 Å². The number of aromatic nitrogens is 2. The number of aryl methyl sites for hydroxylation is 2. The Morgan fingerprint density at radius 2 is 1.70 bits per heavy atom. The van der Waals surface area contributed by atoms with E-state index in [1.807, 2.05) is 0 Å². The van der Waals surface area contributed by atoms with Crippen molar-refractivity contribution in [2.45, 2.75) is 60.9 Å². The summed E-state index contributed by atoms with van der Waals surface area (Å²) in [6.45, 7) is 14.2. The lowest BCUT2D eigenvalue weighted by molar-refractivity contribution is 0.624. The van der Waals surface area contributed by atoms with Gasteiger partial charge in [0.05, 0.1) is 5.69 Å². The van der Waals surface area contributed by atoms with E-state index in [9.17, 15) is 0 Å². The molecule has 2 rings (SSSR count). The first kappa shape index (κ1) is 14.8. The molecule has 0 aliphatic heterocycles. The molecule has 108 valence electrons. The number of rotatable bonds is 4. The standard InChI is InChI=1S/C18H26N2/c1-7-8-11-20-16(6)15(5)19-18(20)17-10-9-12(2)13(3)14(17)4/h9-10H,7-8,11H2,1-6H3. The van der Waals surface area contributed by atoms with Crippen molar-refractivity contribution in [3.8, 4) is 11.4 Å². The quantitative estimate of drug-likeness (QED) is 0.773. The van der Waals surface area contributed by atoms with E-state index in [2.05, 4.69) is 58.2 Å². The van der Waals surface area contributed by atoms with Crippen LogP contribution in [0.5, 0.6) is 0 Å². The van der Waals surface area contributed by atoms with Crippen molar-refractivity contribution in [1.82, 2.24) is 9.55 Å². The molecule has 1 aromatic heterocycles. The van der Waals surface area contributed by atoms with Gasteiger partial charge < -0.3 is 4.57 Å². The fourth-order valence-corrected chi connectivity index (χ4v) is 2.65. The molecule has 0 aliphatic rings. The second-order valence-electron chi connectivity index (χ2n) is 5.79. The minimum Gasteiger partial charge on any atom is -0.328 e. The van der Waals surface area contributed by atoms with E-state index >= 15 is 0 Å². The van der Waals surface area contributed by atoms with Crippen LogP contribution in [0.2, 0.25) is 0 Å². The van der Waals surface area contributed by atoms with Gasteiger partial charge in [-0.1, -0.05) is 25.5 Å². The van der Waals surface area contributed by atoms with Crippen molar-refractivity contribution >= 4 is 0 Å². The van der Waals surface area contributed by atoms with E-state index in [-0.39, 0.29) is 0 Å². The van der Waals surface area contributed by atoms with Gasteiger partial charge in [0.25, 0.3) is 0 Å². The van der Waals surface area contributed by atoms with Gasteiger partial charge in [0, 0.05) is 17.8 Å². The van der Waals surface area contributed by atoms with Crippen LogP contribution in [-0.2, 0) is 6.54 Å². The Balaban J connectivity index is 2.58. The molecule has 2 nitrogen and oxygen atoms in total. The molecular formula is C18H26N2. The normalized spacial score (nSPS) is 11.1. The van der Waals surface area contributed by atoms with E-state index < -0.39 is 0 Å². The molecule has 20 heavy (non-hydrogen) atoms. The van der Waals surface area contributed by atoms with Crippen LogP contribution < -0.4 is 0 Å². The van der Waals surface area contributed by atoms with Crippen molar-refractivity contribution in [2.24, 2.45) is 0 Å². The Kier molecular flexibility index (Phi) is 4.32. The second-order valence-corrected chi connectivity index (χ2v) is 5.79. The average Bonchev–Trinajstić information content (AvgIpc) is 2.70. The highest BCUT2D eigenvalue weighted by molar-refractivity contribution is 5.64. The van der Waals surface area contributed by atoms with Crippen LogP contribution in [0.1, 0.15) is 47.8 Å². The number of benzene rings is 1. The summed E-state index contributed by atoms with van der Waals surface area (Å²) in [5, 5.41) is 0. The van der Waals surface area contributed by atoms with Gasteiger partial charge in [-0.2, -0.15) is 0 Å². The molecule has 0 N–H and O–H groups in total.